The number of benzene rings is 1. The van der Waals surface area contributed by atoms with Crippen LogP contribution in [0.3, 0.4) is 0 Å². The fraction of sp³-hybridized carbons (Fsp3) is 0.143. The summed E-state index contributed by atoms with van der Waals surface area (Å²) >= 11 is 0. The predicted molar refractivity (Wildman–Crippen MR) is 39.7 cm³/mol. The smallest absolute Gasteiger partial charge is 0.374 e. The zero-order chi connectivity index (χ0) is 8.27. The van der Waals surface area contributed by atoms with E-state index in [9.17, 15) is 9.13 Å². The first-order chi connectivity index (χ1) is 5.22. The molecule has 0 aliphatic rings. The monoisotopic (exact) mass is 193 g/mol. The molecule has 1 aromatic rings. The molecule has 1 rings (SSSR count). The third-order valence-corrected chi connectivity index (χ3v) is 1.99. The summed E-state index contributed by atoms with van der Waals surface area (Å²) in [5, 5.41) is 9.00. The van der Waals surface area contributed by atoms with Crippen molar-refractivity contribution >= 4 is 7.68 Å². The fourth-order valence-corrected chi connectivity index (χ4v) is 1.16. The van der Waals surface area contributed by atoms with Gasteiger partial charge in [-0.15, -0.1) is 0 Å². The molecular formula is C7H7NaO3P+. The molecule has 0 saturated heterocycles. The quantitative estimate of drug-likeness (QED) is 0.477. The van der Waals surface area contributed by atoms with Gasteiger partial charge in [-0.2, -0.15) is 0 Å². The minimum absolute atomic E-state index is 0. The van der Waals surface area contributed by atoms with Crippen LogP contribution < -0.4 is 29.6 Å². The van der Waals surface area contributed by atoms with Crippen LogP contribution in [0.15, 0.2) is 30.3 Å². The maximum absolute atomic E-state index is 10.3. The van der Waals surface area contributed by atoms with Crippen molar-refractivity contribution in [2.75, 3.05) is 0 Å². The summed E-state index contributed by atoms with van der Waals surface area (Å²) in [6.45, 7) is 0. The standard InChI is InChI=1S/C7H7O3P.Na/c8-7(11(9)10)6-4-2-1-3-5-6;/h1-5,7-8H;/q;+1. The summed E-state index contributed by atoms with van der Waals surface area (Å²) in [5.74, 6) is -1.37. The molecule has 1 atom stereocenters. The van der Waals surface area contributed by atoms with Crippen LogP contribution in [0, 0.1) is 0 Å². The SMILES string of the molecule is O=P(=O)C(O)c1ccccc1.[Na+]. The second-order valence-corrected chi connectivity index (χ2v) is 3.13. The Balaban J connectivity index is 0.00000121. The first-order valence-corrected chi connectivity index (χ1v) is 4.33. The summed E-state index contributed by atoms with van der Waals surface area (Å²) < 4.78 is 20.6. The van der Waals surface area contributed by atoms with Gasteiger partial charge >= 0.3 is 37.2 Å². The number of hydrogen-bond donors (Lipinski definition) is 1. The van der Waals surface area contributed by atoms with Gasteiger partial charge in [-0.25, -0.2) is 9.13 Å². The average Bonchev–Trinajstić information content (AvgIpc) is 2.05. The molecule has 0 fully saturated rings. The zero-order valence-electron chi connectivity index (χ0n) is 6.68. The van der Waals surface area contributed by atoms with Crippen molar-refractivity contribution in [3.05, 3.63) is 35.9 Å². The molecule has 0 aliphatic carbocycles. The van der Waals surface area contributed by atoms with Crippen LogP contribution in [-0.2, 0) is 9.13 Å². The van der Waals surface area contributed by atoms with Gasteiger partial charge in [-0.1, -0.05) is 30.3 Å². The first kappa shape index (κ1) is 12.1. The van der Waals surface area contributed by atoms with Crippen LogP contribution in [0.5, 0.6) is 0 Å². The Morgan fingerprint density at radius 2 is 1.67 bits per heavy atom. The van der Waals surface area contributed by atoms with Gasteiger partial charge in [-0.05, 0) is 5.56 Å². The van der Waals surface area contributed by atoms with E-state index < -0.39 is 13.5 Å². The van der Waals surface area contributed by atoms with Crippen LogP contribution in [0.4, 0.5) is 0 Å². The Bertz CT molecular complexity index is 289. The van der Waals surface area contributed by atoms with E-state index in [-0.39, 0.29) is 29.6 Å². The molecule has 0 spiro atoms. The van der Waals surface area contributed by atoms with Gasteiger partial charge in [0.1, 0.15) is 0 Å². The Kier molecular flexibility index (Phi) is 5.72. The van der Waals surface area contributed by atoms with Crippen LogP contribution in [0.25, 0.3) is 0 Å². The Hall–Kier alpha value is 0.0800. The second kappa shape index (κ2) is 5.68. The maximum atomic E-state index is 10.3. The first-order valence-electron chi connectivity index (χ1n) is 3.08. The van der Waals surface area contributed by atoms with E-state index >= 15 is 0 Å². The van der Waals surface area contributed by atoms with Crippen LogP contribution in [-0.4, -0.2) is 5.11 Å². The molecule has 0 aromatic heterocycles. The van der Waals surface area contributed by atoms with Crippen molar-refractivity contribution < 1.29 is 43.8 Å². The molecule has 0 bridgehead atoms. The summed E-state index contributed by atoms with van der Waals surface area (Å²) in [7, 11) is -2.78. The third kappa shape index (κ3) is 3.21. The van der Waals surface area contributed by atoms with Gasteiger partial charge in [0.05, 0.1) is 0 Å². The Labute approximate surface area is 92.9 Å². The van der Waals surface area contributed by atoms with E-state index in [1.165, 1.54) is 0 Å². The molecule has 12 heavy (non-hydrogen) atoms. The molecule has 58 valence electrons. The van der Waals surface area contributed by atoms with Crippen molar-refractivity contribution in [1.82, 2.24) is 0 Å². The molecule has 0 amide bonds. The van der Waals surface area contributed by atoms with Gasteiger partial charge in [0, 0.05) is 0 Å². The van der Waals surface area contributed by atoms with Gasteiger partial charge < -0.3 is 5.11 Å². The molecular weight excluding hydrogens is 186 g/mol. The predicted octanol–water partition coefficient (Wildman–Crippen LogP) is -1.15. The number of aliphatic hydroxyl groups is 1. The second-order valence-electron chi connectivity index (χ2n) is 2.07. The summed E-state index contributed by atoms with van der Waals surface area (Å²) in [6, 6.07) is 8.24. The number of aliphatic hydroxyl groups excluding tert-OH is 1. The molecule has 1 unspecified atom stereocenters. The molecule has 0 aliphatic heterocycles. The molecule has 1 N–H and O–H groups in total. The minimum Gasteiger partial charge on any atom is -0.374 e. The Morgan fingerprint density at radius 1 is 1.17 bits per heavy atom. The van der Waals surface area contributed by atoms with Crippen molar-refractivity contribution in [2.45, 2.75) is 5.85 Å². The molecule has 1 aromatic carbocycles. The Morgan fingerprint density at radius 3 is 2.08 bits per heavy atom. The molecule has 3 nitrogen and oxygen atoms in total. The number of rotatable bonds is 2. The topological polar surface area (TPSA) is 54.4 Å². The van der Waals surface area contributed by atoms with Crippen molar-refractivity contribution in [3.8, 4) is 0 Å². The third-order valence-electron chi connectivity index (χ3n) is 1.30. The van der Waals surface area contributed by atoms with E-state index in [4.69, 9.17) is 5.11 Å². The van der Waals surface area contributed by atoms with Crippen LogP contribution in [0.1, 0.15) is 11.4 Å². The normalized spacial score (nSPS) is 11.4. The summed E-state index contributed by atoms with van der Waals surface area (Å²) in [6.07, 6.45) is 0. The van der Waals surface area contributed by atoms with Gasteiger partial charge in [0.25, 0.3) is 0 Å². The number of hydrogen-bond acceptors (Lipinski definition) is 3. The average molecular weight is 193 g/mol. The summed E-state index contributed by atoms with van der Waals surface area (Å²) in [4.78, 5) is 0. The van der Waals surface area contributed by atoms with Gasteiger partial charge in [-0.3, -0.25) is 0 Å². The molecule has 5 heteroatoms. The van der Waals surface area contributed by atoms with E-state index in [1.54, 1.807) is 30.3 Å². The van der Waals surface area contributed by atoms with E-state index in [0.717, 1.165) is 0 Å². The van der Waals surface area contributed by atoms with Crippen molar-refractivity contribution in [3.63, 3.8) is 0 Å². The largest absolute Gasteiger partial charge is 1.00 e. The molecule has 0 radical (unpaired) electrons. The zero-order valence-corrected chi connectivity index (χ0v) is 9.57. The van der Waals surface area contributed by atoms with E-state index in [1.807, 2.05) is 0 Å². The molecule has 0 heterocycles. The molecule has 0 saturated carbocycles. The van der Waals surface area contributed by atoms with Crippen molar-refractivity contribution in [1.29, 1.82) is 0 Å². The van der Waals surface area contributed by atoms with Crippen LogP contribution in [0.2, 0.25) is 0 Å². The fourth-order valence-electron chi connectivity index (χ4n) is 0.747. The van der Waals surface area contributed by atoms with E-state index in [0.29, 0.717) is 5.56 Å². The minimum atomic E-state index is -2.78. The summed E-state index contributed by atoms with van der Waals surface area (Å²) in [5.41, 5.74) is 0.406. The van der Waals surface area contributed by atoms with Crippen LogP contribution >= 0.6 is 7.68 Å². The van der Waals surface area contributed by atoms with Gasteiger partial charge in [0.2, 0.25) is 0 Å². The van der Waals surface area contributed by atoms with Gasteiger partial charge in [0.15, 0.2) is 5.85 Å². The van der Waals surface area contributed by atoms with E-state index in [2.05, 4.69) is 0 Å². The van der Waals surface area contributed by atoms with Crippen molar-refractivity contribution in [2.24, 2.45) is 0 Å². The maximum Gasteiger partial charge on any atom is 1.00 e.